The van der Waals surface area contributed by atoms with E-state index in [9.17, 15) is 4.79 Å². The van der Waals surface area contributed by atoms with Crippen molar-refractivity contribution >= 4 is 17.5 Å². The van der Waals surface area contributed by atoms with E-state index in [2.05, 4.69) is 15.5 Å². The quantitative estimate of drug-likeness (QED) is 0.510. The van der Waals surface area contributed by atoms with Crippen LogP contribution < -0.4 is 0 Å². The molecular formula is C18H18N4OS. The molecule has 24 heavy (non-hydrogen) atoms. The monoisotopic (exact) mass is 338 g/mol. The van der Waals surface area contributed by atoms with Crippen LogP contribution in [0, 0.1) is 13.8 Å². The van der Waals surface area contributed by atoms with Crippen molar-refractivity contribution in [3.05, 3.63) is 70.8 Å². The topological polar surface area (TPSA) is 60.7 Å². The highest BCUT2D eigenvalue weighted by Gasteiger charge is 2.13. The third kappa shape index (κ3) is 3.89. The normalized spacial score (nSPS) is 10.8. The van der Waals surface area contributed by atoms with Crippen LogP contribution >= 0.6 is 11.8 Å². The van der Waals surface area contributed by atoms with Crippen LogP contribution in [0.3, 0.4) is 0 Å². The molecule has 0 saturated heterocycles. The molecule has 0 aliphatic heterocycles. The summed E-state index contributed by atoms with van der Waals surface area (Å²) in [7, 11) is 0. The van der Waals surface area contributed by atoms with Crippen molar-refractivity contribution in [2.75, 3.05) is 5.75 Å². The van der Waals surface area contributed by atoms with Gasteiger partial charge in [-0.05, 0) is 35.4 Å². The molecular weight excluding hydrogens is 320 g/mol. The average molecular weight is 338 g/mol. The van der Waals surface area contributed by atoms with Gasteiger partial charge in [-0.25, -0.2) is 4.68 Å². The molecule has 1 aromatic heterocycles. The predicted molar refractivity (Wildman–Crippen MR) is 94.3 cm³/mol. The summed E-state index contributed by atoms with van der Waals surface area (Å²) in [6.07, 6.45) is 0. The van der Waals surface area contributed by atoms with Gasteiger partial charge in [0.1, 0.15) is 0 Å². The molecule has 0 unspecified atom stereocenters. The Bertz CT molecular complexity index is 845. The van der Waals surface area contributed by atoms with E-state index in [0.717, 1.165) is 22.3 Å². The molecule has 0 aliphatic carbocycles. The number of carbonyl (C=O) groups is 1. The molecule has 0 amide bonds. The Kier molecular flexibility index (Phi) is 5.05. The van der Waals surface area contributed by atoms with Crippen molar-refractivity contribution in [3.63, 3.8) is 0 Å². The summed E-state index contributed by atoms with van der Waals surface area (Å²) in [5.74, 6) is 0.408. The maximum Gasteiger partial charge on any atom is 0.210 e. The molecule has 5 nitrogen and oxygen atoms in total. The first-order chi connectivity index (χ1) is 11.6. The Balaban J connectivity index is 1.67. The highest BCUT2D eigenvalue weighted by atomic mass is 32.2. The SMILES string of the molecule is Cc1ccc(C(=O)CSc2nnnn2Cc2ccccc2)c(C)c1. The van der Waals surface area contributed by atoms with Gasteiger partial charge in [0.25, 0.3) is 0 Å². The number of thioether (sulfide) groups is 1. The van der Waals surface area contributed by atoms with Crippen molar-refractivity contribution in [1.82, 2.24) is 20.2 Å². The number of hydrogen-bond donors (Lipinski definition) is 0. The van der Waals surface area contributed by atoms with E-state index >= 15 is 0 Å². The molecule has 3 rings (SSSR count). The number of aromatic nitrogens is 4. The molecule has 0 fully saturated rings. The van der Waals surface area contributed by atoms with Crippen molar-refractivity contribution < 1.29 is 4.79 Å². The van der Waals surface area contributed by atoms with Gasteiger partial charge in [0.2, 0.25) is 5.16 Å². The van der Waals surface area contributed by atoms with Gasteiger partial charge in [0.15, 0.2) is 5.78 Å². The molecule has 0 radical (unpaired) electrons. The van der Waals surface area contributed by atoms with Crippen LogP contribution in [-0.2, 0) is 6.54 Å². The Morgan fingerprint density at radius 3 is 2.67 bits per heavy atom. The van der Waals surface area contributed by atoms with Gasteiger partial charge in [-0.2, -0.15) is 0 Å². The van der Waals surface area contributed by atoms with Gasteiger partial charge in [-0.1, -0.05) is 65.9 Å². The molecule has 0 atom stereocenters. The largest absolute Gasteiger partial charge is 0.293 e. The number of hydrogen-bond acceptors (Lipinski definition) is 5. The summed E-state index contributed by atoms with van der Waals surface area (Å²) < 4.78 is 1.72. The van der Waals surface area contributed by atoms with Crippen LogP contribution in [0.15, 0.2) is 53.7 Å². The Morgan fingerprint density at radius 2 is 1.92 bits per heavy atom. The predicted octanol–water partition coefficient (Wildman–Crippen LogP) is 3.31. The molecule has 2 aromatic carbocycles. The minimum Gasteiger partial charge on any atom is -0.293 e. The summed E-state index contributed by atoms with van der Waals surface area (Å²) in [5, 5.41) is 12.4. The van der Waals surface area contributed by atoms with Crippen LogP contribution in [-0.4, -0.2) is 31.7 Å². The van der Waals surface area contributed by atoms with Crippen molar-refractivity contribution in [2.45, 2.75) is 25.5 Å². The zero-order valence-corrected chi connectivity index (χ0v) is 14.5. The van der Waals surface area contributed by atoms with Gasteiger partial charge in [0, 0.05) is 5.56 Å². The minimum absolute atomic E-state index is 0.0896. The molecule has 0 spiro atoms. The number of tetrazole rings is 1. The molecule has 1 heterocycles. The van der Waals surface area contributed by atoms with E-state index in [1.807, 2.05) is 62.4 Å². The second-order valence-corrected chi connectivity index (χ2v) is 6.58. The number of Topliss-reactive ketones (excluding diaryl/α,β-unsaturated/α-hetero) is 1. The van der Waals surface area contributed by atoms with Crippen LogP contribution in [0.2, 0.25) is 0 Å². The summed E-state index contributed by atoms with van der Waals surface area (Å²) in [6.45, 7) is 4.58. The van der Waals surface area contributed by atoms with Gasteiger partial charge in [-0.15, -0.1) is 5.10 Å². The van der Waals surface area contributed by atoms with Crippen LogP contribution in [0.25, 0.3) is 0 Å². The van der Waals surface area contributed by atoms with E-state index in [1.165, 1.54) is 11.8 Å². The molecule has 6 heteroatoms. The first kappa shape index (κ1) is 16.4. The fourth-order valence-electron chi connectivity index (χ4n) is 2.49. The number of carbonyl (C=O) groups excluding carboxylic acids is 1. The zero-order chi connectivity index (χ0) is 16.9. The van der Waals surface area contributed by atoms with Gasteiger partial charge in [-0.3, -0.25) is 4.79 Å². The second kappa shape index (κ2) is 7.40. The van der Waals surface area contributed by atoms with E-state index in [-0.39, 0.29) is 5.78 Å². The van der Waals surface area contributed by atoms with E-state index < -0.39 is 0 Å². The lowest BCUT2D eigenvalue weighted by Crippen LogP contribution is -2.08. The smallest absolute Gasteiger partial charge is 0.210 e. The van der Waals surface area contributed by atoms with E-state index in [0.29, 0.717) is 17.5 Å². The lowest BCUT2D eigenvalue weighted by Gasteiger charge is -2.06. The first-order valence-electron chi connectivity index (χ1n) is 7.67. The van der Waals surface area contributed by atoms with E-state index in [4.69, 9.17) is 0 Å². The molecule has 0 aliphatic rings. The summed E-state index contributed by atoms with van der Waals surface area (Å²) in [4.78, 5) is 12.4. The number of nitrogens with zero attached hydrogens (tertiary/aromatic N) is 4. The highest BCUT2D eigenvalue weighted by molar-refractivity contribution is 7.99. The summed E-state index contributed by atoms with van der Waals surface area (Å²) in [6, 6.07) is 15.9. The number of ketones is 1. The van der Waals surface area contributed by atoms with Crippen LogP contribution in [0.5, 0.6) is 0 Å². The van der Waals surface area contributed by atoms with Gasteiger partial charge < -0.3 is 0 Å². The fraction of sp³-hybridized carbons (Fsp3) is 0.222. The van der Waals surface area contributed by atoms with Gasteiger partial charge in [0.05, 0.1) is 12.3 Å². The van der Waals surface area contributed by atoms with Crippen molar-refractivity contribution in [1.29, 1.82) is 0 Å². The summed E-state index contributed by atoms with van der Waals surface area (Å²) in [5.41, 5.74) is 4.04. The Labute approximate surface area is 145 Å². The standard InChI is InChI=1S/C18H18N4OS/c1-13-8-9-16(14(2)10-13)17(23)12-24-18-19-20-21-22(18)11-15-6-4-3-5-7-15/h3-10H,11-12H2,1-2H3. The summed E-state index contributed by atoms with van der Waals surface area (Å²) >= 11 is 1.37. The Hall–Kier alpha value is -2.47. The number of aryl methyl sites for hydroxylation is 2. The van der Waals surface area contributed by atoms with Crippen molar-refractivity contribution in [2.24, 2.45) is 0 Å². The van der Waals surface area contributed by atoms with Crippen LogP contribution in [0.4, 0.5) is 0 Å². The molecule has 3 aromatic rings. The maximum absolute atomic E-state index is 12.4. The highest BCUT2D eigenvalue weighted by Crippen LogP contribution is 2.19. The third-order valence-corrected chi connectivity index (χ3v) is 4.65. The molecule has 0 N–H and O–H groups in total. The lowest BCUT2D eigenvalue weighted by atomic mass is 10.0. The van der Waals surface area contributed by atoms with Crippen LogP contribution in [0.1, 0.15) is 27.0 Å². The molecule has 0 bridgehead atoms. The zero-order valence-electron chi connectivity index (χ0n) is 13.6. The number of rotatable bonds is 6. The molecule has 0 saturated carbocycles. The third-order valence-electron chi connectivity index (χ3n) is 3.69. The lowest BCUT2D eigenvalue weighted by molar-refractivity contribution is 0.102. The maximum atomic E-state index is 12.4. The first-order valence-corrected chi connectivity index (χ1v) is 8.65. The fourth-order valence-corrected chi connectivity index (χ4v) is 3.25. The molecule has 122 valence electrons. The van der Waals surface area contributed by atoms with Gasteiger partial charge >= 0.3 is 0 Å². The Morgan fingerprint density at radius 1 is 1.12 bits per heavy atom. The van der Waals surface area contributed by atoms with Crippen molar-refractivity contribution in [3.8, 4) is 0 Å². The minimum atomic E-state index is 0.0896. The average Bonchev–Trinajstić information content (AvgIpc) is 3.00. The second-order valence-electron chi connectivity index (χ2n) is 5.63. The van der Waals surface area contributed by atoms with E-state index in [1.54, 1.807) is 4.68 Å². The number of benzene rings is 2.